The molecule has 0 saturated heterocycles. The maximum atomic E-state index is 5.78. The molecule has 1 N–H and O–H groups in total. The summed E-state index contributed by atoms with van der Waals surface area (Å²) in [5, 5.41) is 7.60. The highest BCUT2D eigenvalue weighted by Crippen LogP contribution is 2.26. The van der Waals surface area contributed by atoms with Crippen molar-refractivity contribution in [2.45, 2.75) is 26.9 Å². The van der Waals surface area contributed by atoms with Gasteiger partial charge in [-0.1, -0.05) is 19.1 Å². The number of hydrogen-bond donors (Lipinski definition) is 1. The topological polar surface area (TPSA) is 48.3 Å². The molecule has 0 aliphatic rings. The molecule has 114 valence electrons. The van der Waals surface area contributed by atoms with Gasteiger partial charge in [0.25, 0.3) is 0 Å². The molecule has 1 heterocycles. The van der Waals surface area contributed by atoms with Gasteiger partial charge in [-0.25, -0.2) is 0 Å². The van der Waals surface area contributed by atoms with E-state index in [-0.39, 0.29) is 0 Å². The summed E-state index contributed by atoms with van der Waals surface area (Å²) in [6.45, 7) is 7.78. The van der Waals surface area contributed by atoms with Crippen LogP contribution in [0.3, 0.4) is 0 Å². The summed E-state index contributed by atoms with van der Waals surface area (Å²) in [7, 11) is 0. The average molecular weight is 289 g/mol. The van der Waals surface area contributed by atoms with Gasteiger partial charge in [-0.3, -0.25) is 4.68 Å². The number of ether oxygens (including phenoxy) is 2. The molecule has 0 fully saturated rings. The Kier molecular flexibility index (Phi) is 6.09. The van der Waals surface area contributed by atoms with E-state index in [1.165, 1.54) is 5.56 Å². The predicted octanol–water partition coefficient (Wildman–Crippen LogP) is 2.47. The molecule has 5 heteroatoms. The predicted molar refractivity (Wildman–Crippen MR) is 82.7 cm³/mol. The largest absolute Gasteiger partial charge is 0.490 e. The fourth-order valence-electron chi connectivity index (χ4n) is 1.98. The van der Waals surface area contributed by atoms with Gasteiger partial charge in [0.2, 0.25) is 0 Å². The summed E-state index contributed by atoms with van der Waals surface area (Å²) in [5.41, 5.74) is 1.19. The third-order valence-electron chi connectivity index (χ3n) is 2.99. The second-order valence-electron chi connectivity index (χ2n) is 4.62. The number of para-hydroxylation sites is 2. The van der Waals surface area contributed by atoms with Crippen LogP contribution in [0.15, 0.2) is 36.7 Å². The zero-order valence-corrected chi connectivity index (χ0v) is 12.7. The van der Waals surface area contributed by atoms with Crippen LogP contribution in [-0.4, -0.2) is 29.5 Å². The molecule has 0 spiro atoms. The van der Waals surface area contributed by atoms with E-state index >= 15 is 0 Å². The van der Waals surface area contributed by atoms with Crippen LogP contribution < -0.4 is 14.8 Å². The number of rotatable bonds is 9. The first-order valence-electron chi connectivity index (χ1n) is 7.40. The SMILES string of the molecule is CCNCc1cnn(CCOc2ccccc2OCC)c1. The van der Waals surface area contributed by atoms with Gasteiger partial charge in [0.15, 0.2) is 11.5 Å². The lowest BCUT2D eigenvalue weighted by Gasteiger charge is -2.11. The van der Waals surface area contributed by atoms with Crippen molar-refractivity contribution < 1.29 is 9.47 Å². The second kappa shape index (κ2) is 8.32. The van der Waals surface area contributed by atoms with Crippen LogP contribution in [0, 0.1) is 0 Å². The van der Waals surface area contributed by atoms with Crippen LogP contribution in [0.4, 0.5) is 0 Å². The van der Waals surface area contributed by atoms with Crippen molar-refractivity contribution in [3.63, 3.8) is 0 Å². The van der Waals surface area contributed by atoms with Crippen molar-refractivity contribution in [1.82, 2.24) is 15.1 Å². The molecular weight excluding hydrogens is 266 g/mol. The van der Waals surface area contributed by atoms with Gasteiger partial charge in [0.05, 0.1) is 19.3 Å². The normalized spacial score (nSPS) is 10.6. The minimum atomic E-state index is 0.562. The van der Waals surface area contributed by atoms with Crippen LogP contribution >= 0.6 is 0 Å². The molecule has 1 aromatic carbocycles. The lowest BCUT2D eigenvalue weighted by Crippen LogP contribution is -2.11. The summed E-state index contributed by atoms with van der Waals surface area (Å²) >= 11 is 0. The maximum absolute atomic E-state index is 5.78. The van der Waals surface area contributed by atoms with Crippen molar-refractivity contribution in [3.8, 4) is 11.5 Å². The number of nitrogens with one attached hydrogen (secondary N) is 1. The Labute approximate surface area is 125 Å². The van der Waals surface area contributed by atoms with Crippen LogP contribution in [0.25, 0.3) is 0 Å². The fraction of sp³-hybridized carbons (Fsp3) is 0.438. The zero-order valence-electron chi connectivity index (χ0n) is 12.7. The number of aromatic nitrogens is 2. The Balaban J connectivity index is 1.82. The van der Waals surface area contributed by atoms with Gasteiger partial charge in [-0.15, -0.1) is 0 Å². The lowest BCUT2D eigenvalue weighted by molar-refractivity contribution is 0.262. The monoisotopic (exact) mass is 289 g/mol. The van der Waals surface area contributed by atoms with Crippen LogP contribution in [0.2, 0.25) is 0 Å². The molecule has 0 saturated carbocycles. The molecule has 0 aliphatic heterocycles. The summed E-state index contributed by atoms with van der Waals surface area (Å²) in [5.74, 6) is 1.56. The van der Waals surface area contributed by atoms with Gasteiger partial charge >= 0.3 is 0 Å². The van der Waals surface area contributed by atoms with Crippen LogP contribution in [0.1, 0.15) is 19.4 Å². The highest BCUT2D eigenvalue weighted by Gasteiger charge is 2.04. The van der Waals surface area contributed by atoms with Crippen LogP contribution in [0.5, 0.6) is 11.5 Å². The van der Waals surface area contributed by atoms with Crippen molar-refractivity contribution in [3.05, 3.63) is 42.2 Å². The standard InChI is InChI=1S/C16H23N3O2/c1-3-17-11-14-12-18-19(13-14)9-10-21-16-8-6-5-7-15(16)20-4-2/h5-8,12-13,17H,3-4,9-11H2,1-2H3. The van der Waals surface area contributed by atoms with Crippen LogP contribution in [-0.2, 0) is 13.1 Å². The molecule has 0 atom stereocenters. The van der Waals surface area contributed by atoms with Gasteiger partial charge < -0.3 is 14.8 Å². The Morgan fingerprint density at radius 3 is 2.62 bits per heavy atom. The number of hydrogen-bond acceptors (Lipinski definition) is 4. The molecule has 0 amide bonds. The van der Waals surface area contributed by atoms with Gasteiger partial charge in [-0.2, -0.15) is 5.10 Å². The molecule has 0 radical (unpaired) electrons. The molecule has 5 nitrogen and oxygen atoms in total. The Bertz CT molecular complexity index is 540. The van der Waals surface area contributed by atoms with Gasteiger partial charge in [0.1, 0.15) is 6.61 Å². The molecule has 21 heavy (non-hydrogen) atoms. The Morgan fingerprint density at radius 1 is 1.14 bits per heavy atom. The molecule has 1 aromatic heterocycles. The van der Waals surface area contributed by atoms with E-state index in [1.807, 2.05) is 48.3 Å². The third kappa shape index (κ3) is 4.79. The molecule has 2 rings (SSSR count). The van der Waals surface area contributed by atoms with E-state index < -0.39 is 0 Å². The van der Waals surface area contributed by atoms with Crippen molar-refractivity contribution in [2.75, 3.05) is 19.8 Å². The van der Waals surface area contributed by atoms with E-state index in [0.717, 1.165) is 24.6 Å². The number of nitrogens with zero attached hydrogens (tertiary/aromatic N) is 2. The smallest absolute Gasteiger partial charge is 0.161 e. The fourth-order valence-corrected chi connectivity index (χ4v) is 1.98. The second-order valence-corrected chi connectivity index (χ2v) is 4.62. The van der Waals surface area contributed by atoms with Gasteiger partial charge in [-0.05, 0) is 25.6 Å². The van der Waals surface area contributed by atoms with Gasteiger partial charge in [0, 0.05) is 18.3 Å². The zero-order chi connectivity index (χ0) is 14.9. The minimum absolute atomic E-state index is 0.562. The van der Waals surface area contributed by atoms with E-state index in [4.69, 9.17) is 9.47 Å². The first-order valence-corrected chi connectivity index (χ1v) is 7.40. The molecule has 0 aliphatic carbocycles. The first-order chi connectivity index (χ1) is 10.3. The van der Waals surface area contributed by atoms with E-state index in [2.05, 4.69) is 17.3 Å². The summed E-state index contributed by atoms with van der Waals surface area (Å²) < 4.78 is 13.2. The highest BCUT2D eigenvalue weighted by atomic mass is 16.5. The summed E-state index contributed by atoms with van der Waals surface area (Å²) in [4.78, 5) is 0. The Morgan fingerprint density at radius 2 is 1.90 bits per heavy atom. The van der Waals surface area contributed by atoms with Crippen molar-refractivity contribution in [2.24, 2.45) is 0 Å². The van der Waals surface area contributed by atoms with E-state index in [0.29, 0.717) is 19.8 Å². The summed E-state index contributed by atoms with van der Waals surface area (Å²) in [6, 6.07) is 7.73. The van der Waals surface area contributed by atoms with E-state index in [1.54, 1.807) is 0 Å². The quantitative estimate of drug-likeness (QED) is 0.770. The molecule has 0 bridgehead atoms. The number of benzene rings is 1. The first kappa shape index (κ1) is 15.4. The lowest BCUT2D eigenvalue weighted by atomic mass is 10.3. The highest BCUT2D eigenvalue weighted by molar-refractivity contribution is 5.39. The average Bonchev–Trinajstić information content (AvgIpc) is 2.95. The Hall–Kier alpha value is -2.01. The van der Waals surface area contributed by atoms with Crippen molar-refractivity contribution in [1.29, 1.82) is 0 Å². The molecule has 2 aromatic rings. The van der Waals surface area contributed by atoms with Crippen molar-refractivity contribution >= 4 is 0 Å². The summed E-state index contributed by atoms with van der Waals surface area (Å²) in [6.07, 6.45) is 3.93. The molecular formula is C16H23N3O2. The molecule has 0 unspecified atom stereocenters. The minimum Gasteiger partial charge on any atom is -0.490 e. The van der Waals surface area contributed by atoms with E-state index in [9.17, 15) is 0 Å². The third-order valence-corrected chi connectivity index (χ3v) is 2.99. The maximum Gasteiger partial charge on any atom is 0.161 e.